The highest BCUT2D eigenvalue weighted by atomic mass is 32.2. The van der Waals surface area contributed by atoms with Crippen LogP contribution in [0.5, 0.6) is 0 Å². The van der Waals surface area contributed by atoms with Gasteiger partial charge in [-0.1, -0.05) is 59.9 Å². The van der Waals surface area contributed by atoms with Gasteiger partial charge in [-0.15, -0.1) is 0 Å². The van der Waals surface area contributed by atoms with Gasteiger partial charge in [0.25, 0.3) is 0 Å². The molecule has 1 aliphatic rings. The lowest BCUT2D eigenvalue weighted by Gasteiger charge is -2.22. The van der Waals surface area contributed by atoms with Crippen molar-refractivity contribution in [2.24, 2.45) is 14.1 Å². The predicted octanol–water partition coefficient (Wildman–Crippen LogP) is 5.92. The van der Waals surface area contributed by atoms with Gasteiger partial charge in [-0.25, -0.2) is 9.97 Å². The molecule has 5 rings (SSSR count). The summed E-state index contributed by atoms with van der Waals surface area (Å²) in [7, 11) is 4.28. The molecule has 30 heavy (non-hydrogen) atoms. The van der Waals surface area contributed by atoms with E-state index in [0.717, 1.165) is 23.2 Å². The first-order chi connectivity index (χ1) is 14.7. The summed E-state index contributed by atoms with van der Waals surface area (Å²) in [4.78, 5) is 12.3. The molecule has 0 radical (unpaired) electrons. The minimum atomic E-state index is 0.299. The van der Waals surface area contributed by atoms with Crippen LogP contribution in [-0.2, 0) is 20.5 Å². The number of rotatable bonds is 5. The zero-order valence-electron chi connectivity index (χ0n) is 17.2. The lowest BCUT2D eigenvalue weighted by atomic mass is 9.87. The largest absolute Gasteiger partial charge is 0.326 e. The number of hydrogen-bond donors (Lipinski definition) is 0. The molecule has 152 valence electrons. The Morgan fingerprint density at radius 3 is 2.13 bits per heavy atom. The molecule has 1 aliphatic carbocycles. The van der Waals surface area contributed by atoms with Crippen molar-refractivity contribution in [3.63, 3.8) is 0 Å². The summed E-state index contributed by atoms with van der Waals surface area (Å²) >= 11 is 3.45. The van der Waals surface area contributed by atoms with E-state index < -0.39 is 0 Å². The van der Waals surface area contributed by atoms with Crippen molar-refractivity contribution < 1.29 is 0 Å². The van der Waals surface area contributed by atoms with Crippen molar-refractivity contribution in [3.8, 4) is 0 Å². The van der Waals surface area contributed by atoms with Crippen LogP contribution in [0.15, 0.2) is 87.0 Å². The van der Waals surface area contributed by atoms with Gasteiger partial charge in [0.05, 0.1) is 11.9 Å². The van der Waals surface area contributed by atoms with E-state index in [0.29, 0.717) is 5.92 Å². The fourth-order valence-corrected chi connectivity index (χ4v) is 5.85. The summed E-state index contributed by atoms with van der Waals surface area (Å²) in [5.41, 5.74) is 3.84. The minimum absolute atomic E-state index is 0.299. The van der Waals surface area contributed by atoms with Gasteiger partial charge in [0, 0.05) is 41.2 Å². The molecule has 2 heterocycles. The second-order valence-electron chi connectivity index (χ2n) is 7.59. The van der Waals surface area contributed by atoms with Crippen LogP contribution in [0.3, 0.4) is 0 Å². The van der Waals surface area contributed by atoms with Crippen LogP contribution >= 0.6 is 23.5 Å². The zero-order chi connectivity index (χ0) is 20.5. The number of fused-ring (bicyclic) bond motifs is 1. The van der Waals surface area contributed by atoms with Crippen molar-refractivity contribution in [1.29, 1.82) is 0 Å². The number of imidazole rings is 2. The van der Waals surface area contributed by atoms with E-state index >= 15 is 0 Å². The molecule has 4 aromatic rings. The molecule has 2 aromatic heterocycles. The molecule has 1 atom stereocenters. The molecule has 0 amide bonds. The monoisotopic (exact) mass is 432 g/mol. The molecular formula is C24H24N4S2. The summed E-state index contributed by atoms with van der Waals surface area (Å²) in [6.07, 6.45) is 5.44. The minimum Gasteiger partial charge on any atom is -0.326 e. The molecule has 0 N–H and O–H groups in total. The van der Waals surface area contributed by atoms with Crippen molar-refractivity contribution in [2.45, 2.75) is 45.3 Å². The Kier molecular flexibility index (Phi) is 5.44. The average Bonchev–Trinajstić information content (AvgIpc) is 3.29. The lowest BCUT2D eigenvalue weighted by Crippen LogP contribution is -2.15. The molecule has 2 aromatic carbocycles. The molecule has 6 heteroatoms. The summed E-state index contributed by atoms with van der Waals surface area (Å²) in [6.45, 7) is 0. The van der Waals surface area contributed by atoms with Crippen LogP contribution in [0.4, 0.5) is 0 Å². The van der Waals surface area contributed by atoms with Crippen molar-refractivity contribution >= 4 is 23.5 Å². The van der Waals surface area contributed by atoms with Gasteiger partial charge in [0.1, 0.15) is 0 Å². The Bertz CT molecular complexity index is 1150. The molecule has 0 bridgehead atoms. The molecule has 0 spiro atoms. The van der Waals surface area contributed by atoms with E-state index in [1.807, 2.05) is 12.3 Å². The average molecular weight is 433 g/mol. The third-order valence-corrected chi connectivity index (χ3v) is 7.81. The standard InChI is InChI=1S/C24H24N4S2/c1-27-20-15-9-14-19(22(20)26-24(27)30-18-12-7-4-8-13-18)21-16-25-23(28(21)2)29-17-10-5-3-6-11-17/h3-8,10-13,16,19H,9,14-15H2,1-2H3/t19-/m1/s1. The van der Waals surface area contributed by atoms with Gasteiger partial charge < -0.3 is 9.13 Å². The highest BCUT2D eigenvalue weighted by Crippen LogP contribution is 2.40. The Labute approximate surface area is 185 Å². The van der Waals surface area contributed by atoms with Gasteiger partial charge in [0.2, 0.25) is 0 Å². The maximum atomic E-state index is 5.12. The fraction of sp³-hybridized carbons (Fsp3) is 0.250. The number of benzene rings is 2. The van der Waals surface area contributed by atoms with E-state index in [1.165, 1.54) is 33.3 Å². The number of aromatic nitrogens is 4. The van der Waals surface area contributed by atoms with Crippen LogP contribution in [0.25, 0.3) is 0 Å². The Morgan fingerprint density at radius 2 is 1.47 bits per heavy atom. The smallest absolute Gasteiger partial charge is 0.173 e. The Balaban J connectivity index is 1.46. The molecular weight excluding hydrogens is 408 g/mol. The second kappa shape index (κ2) is 8.36. The van der Waals surface area contributed by atoms with Gasteiger partial charge in [-0.05, 0) is 43.5 Å². The fourth-order valence-electron chi connectivity index (χ4n) is 4.11. The van der Waals surface area contributed by atoms with Gasteiger partial charge >= 0.3 is 0 Å². The third-order valence-electron chi connectivity index (χ3n) is 5.68. The van der Waals surface area contributed by atoms with Crippen LogP contribution in [0.2, 0.25) is 0 Å². The first-order valence-electron chi connectivity index (χ1n) is 10.2. The van der Waals surface area contributed by atoms with E-state index in [1.54, 1.807) is 23.5 Å². The lowest BCUT2D eigenvalue weighted by molar-refractivity contribution is 0.555. The van der Waals surface area contributed by atoms with Crippen molar-refractivity contribution in [2.75, 3.05) is 0 Å². The van der Waals surface area contributed by atoms with Gasteiger partial charge in [-0.3, -0.25) is 0 Å². The predicted molar refractivity (Wildman–Crippen MR) is 122 cm³/mol. The quantitative estimate of drug-likeness (QED) is 0.392. The summed E-state index contributed by atoms with van der Waals surface area (Å²) in [6, 6.07) is 20.9. The summed E-state index contributed by atoms with van der Waals surface area (Å²) in [5.74, 6) is 0.299. The molecule has 0 fully saturated rings. The van der Waals surface area contributed by atoms with Crippen molar-refractivity contribution in [3.05, 3.63) is 83.9 Å². The van der Waals surface area contributed by atoms with Crippen molar-refractivity contribution in [1.82, 2.24) is 19.1 Å². The third kappa shape index (κ3) is 3.70. The highest BCUT2D eigenvalue weighted by Gasteiger charge is 2.30. The summed E-state index contributed by atoms with van der Waals surface area (Å²) in [5, 5.41) is 2.09. The molecule has 0 aliphatic heterocycles. The Morgan fingerprint density at radius 1 is 0.833 bits per heavy atom. The zero-order valence-corrected chi connectivity index (χ0v) is 18.8. The molecule has 4 nitrogen and oxygen atoms in total. The maximum Gasteiger partial charge on any atom is 0.173 e. The van der Waals surface area contributed by atoms with Crippen LogP contribution in [0.1, 0.15) is 35.8 Å². The first kappa shape index (κ1) is 19.5. The SMILES string of the molecule is Cn1c([C@H]2CCCc3c2nc(Sc2ccccc2)n3C)cnc1Sc1ccccc1. The van der Waals surface area contributed by atoms with E-state index in [2.05, 4.69) is 77.8 Å². The van der Waals surface area contributed by atoms with Crippen LogP contribution in [0, 0.1) is 0 Å². The summed E-state index contributed by atoms with van der Waals surface area (Å²) < 4.78 is 4.53. The topological polar surface area (TPSA) is 35.6 Å². The van der Waals surface area contributed by atoms with Gasteiger partial charge in [-0.2, -0.15) is 0 Å². The highest BCUT2D eigenvalue weighted by molar-refractivity contribution is 7.99. The van der Waals surface area contributed by atoms with E-state index in [-0.39, 0.29) is 0 Å². The normalized spacial score (nSPS) is 15.9. The Hall–Kier alpha value is -2.44. The molecule has 0 saturated carbocycles. The second-order valence-corrected chi connectivity index (χ2v) is 9.67. The molecule has 0 saturated heterocycles. The molecule has 0 unspecified atom stereocenters. The maximum absolute atomic E-state index is 5.12. The first-order valence-corrected chi connectivity index (χ1v) is 11.9. The number of hydrogen-bond acceptors (Lipinski definition) is 4. The van der Waals surface area contributed by atoms with Gasteiger partial charge in [0.15, 0.2) is 10.3 Å². The van der Waals surface area contributed by atoms with E-state index in [9.17, 15) is 0 Å². The van der Waals surface area contributed by atoms with Crippen LogP contribution in [-0.4, -0.2) is 19.1 Å². The van der Waals surface area contributed by atoms with Crippen LogP contribution < -0.4 is 0 Å². The number of nitrogens with zero attached hydrogens (tertiary/aromatic N) is 4. The van der Waals surface area contributed by atoms with E-state index in [4.69, 9.17) is 9.97 Å².